The lowest BCUT2D eigenvalue weighted by Crippen LogP contribution is -2.86. The SMILES string of the molecule is Cc1ccc(NC(=O)C[NH2+][C@H](C)c2ccccc2Cl)c(C)c1. The lowest BCUT2D eigenvalue weighted by atomic mass is 10.1. The Bertz CT molecular complexity index is 670. The van der Waals surface area contributed by atoms with Crippen LogP contribution in [-0.2, 0) is 4.79 Å². The maximum atomic E-state index is 12.1. The minimum Gasteiger partial charge on any atom is -0.332 e. The first-order chi connectivity index (χ1) is 10.5. The summed E-state index contributed by atoms with van der Waals surface area (Å²) in [6.45, 7) is 6.45. The van der Waals surface area contributed by atoms with Gasteiger partial charge in [-0.2, -0.15) is 0 Å². The molecule has 0 aliphatic carbocycles. The summed E-state index contributed by atoms with van der Waals surface area (Å²) in [6, 6.07) is 13.9. The van der Waals surface area contributed by atoms with Gasteiger partial charge in [-0.25, -0.2) is 0 Å². The Labute approximate surface area is 136 Å². The van der Waals surface area contributed by atoms with Gasteiger partial charge in [0.15, 0.2) is 6.54 Å². The Kier molecular flexibility index (Phi) is 5.58. The van der Waals surface area contributed by atoms with E-state index >= 15 is 0 Å². The predicted octanol–water partition coefficient (Wildman–Crippen LogP) is 3.22. The van der Waals surface area contributed by atoms with E-state index in [1.807, 2.05) is 62.5 Å². The summed E-state index contributed by atoms with van der Waals surface area (Å²) in [5.41, 5.74) is 4.18. The Morgan fingerprint density at radius 3 is 2.64 bits per heavy atom. The molecule has 2 aromatic rings. The molecule has 0 aliphatic rings. The standard InChI is InChI=1S/C18H21ClN2O/c1-12-8-9-17(13(2)10-12)21-18(22)11-20-14(3)15-6-4-5-7-16(15)19/h4-10,14,20H,11H2,1-3H3,(H,21,22)/p+1/t14-/m1/s1. The molecule has 0 aliphatic heterocycles. The van der Waals surface area contributed by atoms with Crippen LogP contribution < -0.4 is 10.6 Å². The van der Waals surface area contributed by atoms with Gasteiger partial charge in [0.25, 0.3) is 5.91 Å². The van der Waals surface area contributed by atoms with E-state index in [0.717, 1.165) is 21.8 Å². The molecule has 4 heteroatoms. The van der Waals surface area contributed by atoms with Crippen LogP contribution in [0.3, 0.4) is 0 Å². The van der Waals surface area contributed by atoms with Crippen LogP contribution >= 0.6 is 11.6 Å². The van der Waals surface area contributed by atoms with Gasteiger partial charge in [0.1, 0.15) is 6.04 Å². The second-order valence-electron chi connectivity index (χ2n) is 5.62. The molecule has 0 saturated heterocycles. The van der Waals surface area contributed by atoms with Gasteiger partial charge < -0.3 is 10.6 Å². The van der Waals surface area contributed by atoms with E-state index in [0.29, 0.717) is 6.54 Å². The van der Waals surface area contributed by atoms with Gasteiger partial charge in [0.2, 0.25) is 0 Å². The van der Waals surface area contributed by atoms with E-state index in [1.54, 1.807) is 0 Å². The molecule has 0 fully saturated rings. The number of aryl methyl sites for hydroxylation is 2. The number of hydrogen-bond acceptors (Lipinski definition) is 1. The quantitative estimate of drug-likeness (QED) is 0.874. The number of amides is 1. The molecule has 0 radical (unpaired) electrons. The molecule has 3 nitrogen and oxygen atoms in total. The van der Waals surface area contributed by atoms with E-state index in [9.17, 15) is 4.79 Å². The Balaban J connectivity index is 1.91. The third-order valence-corrected chi connectivity index (χ3v) is 4.05. The van der Waals surface area contributed by atoms with Gasteiger partial charge in [-0.3, -0.25) is 4.79 Å². The zero-order chi connectivity index (χ0) is 16.1. The Hall–Kier alpha value is -1.84. The van der Waals surface area contributed by atoms with Crippen LogP contribution in [0.4, 0.5) is 5.69 Å². The lowest BCUT2D eigenvalue weighted by molar-refractivity contribution is -0.682. The van der Waals surface area contributed by atoms with Crippen LogP contribution in [-0.4, -0.2) is 12.5 Å². The molecule has 0 saturated carbocycles. The first kappa shape index (κ1) is 16.5. The largest absolute Gasteiger partial charge is 0.332 e. The van der Waals surface area contributed by atoms with Crippen molar-refractivity contribution in [3.8, 4) is 0 Å². The normalized spacial score (nSPS) is 12.0. The average Bonchev–Trinajstić information content (AvgIpc) is 2.48. The third kappa shape index (κ3) is 4.33. The minimum atomic E-state index is -0.00847. The van der Waals surface area contributed by atoms with E-state index in [4.69, 9.17) is 11.6 Å². The van der Waals surface area contributed by atoms with Crippen molar-refractivity contribution >= 4 is 23.2 Å². The Morgan fingerprint density at radius 2 is 1.95 bits per heavy atom. The summed E-state index contributed by atoms with van der Waals surface area (Å²) < 4.78 is 0. The van der Waals surface area contributed by atoms with Crippen molar-refractivity contribution < 1.29 is 10.1 Å². The average molecular weight is 318 g/mol. The van der Waals surface area contributed by atoms with Crippen molar-refractivity contribution in [1.82, 2.24) is 0 Å². The highest BCUT2D eigenvalue weighted by molar-refractivity contribution is 6.31. The monoisotopic (exact) mass is 317 g/mol. The van der Waals surface area contributed by atoms with Crippen LogP contribution in [0.2, 0.25) is 5.02 Å². The highest BCUT2D eigenvalue weighted by Crippen LogP contribution is 2.19. The van der Waals surface area contributed by atoms with E-state index in [1.165, 1.54) is 5.56 Å². The number of rotatable bonds is 5. The summed E-state index contributed by atoms with van der Waals surface area (Å²) in [6.07, 6.45) is 0. The molecular weight excluding hydrogens is 296 g/mol. The van der Waals surface area contributed by atoms with E-state index in [-0.39, 0.29) is 11.9 Å². The number of anilines is 1. The van der Waals surface area contributed by atoms with Crippen LogP contribution in [0.15, 0.2) is 42.5 Å². The zero-order valence-electron chi connectivity index (χ0n) is 13.2. The van der Waals surface area contributed by atoms with Gasteiger partial charge in [-0.15, -0.1) is 0 Å². The molecule has 0 unspecified atom stereocenters. The number of nitrogens with one attached hydrogen (secondary N) is 1. The number of hydrogen-bond donors (Lipinski definition) is 2. The number of quaternary nitrogens is 1. The predicted molar refractivity (Wildman–Crippen MR) is 91.2 cm³/mol. The summed E-state index contributed by atoms with van der Waals surface area (Å²) >= 11 is 6.18. The van der Waals surface area contributed by atoms with Crippen LogP contribution in [0.1, 0.15) is 29.7 Å². The first-order valence-electron chi connectivity index (χ1n) is 7.42. The van der Waals surface area contributed by atoms with Crippen molar-refractivity contribution in [2.45, 2.75) is 26.8 Å². The molecule has 0 aromatic heterocycles. The maximum Gasteiger partial charge on any atom is 0.279 e. The Morgan fingerprint density at radius 1 is 1.23 bits per heavy atom. The van der Waals surface area contributed by atoms with Gasteiger partial charge in [-0.05, 0) is 38.5 Å². The van der Waals surface area contributed by atoms with Crippen molar-refractivity contribution in [3.05, 3.63) is 64.2 Å². The lowest BCUT2D eigenvalue weighted by Gasteiger charge is -2.13. The maximum absolute atomic E-state index is 12.1. The molecule has 2 aromatic carbocycles. The highest BCUT2D eigenvalue weighted by Gasteiger charge is 2.14. The van der Waals surface area contributed by atoms with Crippen LogP contribution in [0.5, 0.6) is 0 Å². The molecule has 2 rings (SSSR count). The van der Waals surface area contributed by atoms with Crippen molar-refractivity contribution in [2.75, 3.05) is 11.9 Å². The molecule has 0 spiro atoms. The summed E-state index contributed by atoms with van der Waals surface area (Å²) in [4.78, 5) is 12.1. The fraction of sp³-hybridized carbons (Fsp3) is 0.278. The molecule has 0 bridgehead atoms. The van der Waals surface area contributed by atoms with Crippen LogP contribution in [0, 0.1) is 13.8 Å². The van der Waals surface area contributed by atoms with Gasteiger partial charge in [-0.1, -0.05) is 47.5 Å². The number of benzene rings is 2. The van der Waals surface area contributed by atoms with Gasteiger partial charge in [0, 0.05) is 16.3 Å². The molecular formula is C18H22ClN2O+. The third-order valence-electron chi connectivity index (χ3n) is 3.71. The van der Waals surface area contributed by atoms with Crippen molar-refractivity contribution in [1.29, 1.82) is 0 Å². The molecule has 1 amide bonds. The second-order valence-corrected chi connectivity index (χ2v) is 6.02. The number of halogens is 1. The van der Waals surface area contributed by atoms with Crippen molar-refractivity contribution in [2.24, 2.45) is 0 Å². The molecule has 116 valence electrons. The molecule has 3 N–H and O–H groups in total. The fourth-order valence-electron chi connectivity index (χ4n) is 2.41. The summed E-state index contributed by atoms with van der Waals surface area (Å²) in [7, 11) is 0. The smallest absolute Gasteiger partial charge is 0.279 e. The van der Waals surface area contributed by atoms with Gasteiger partial charge >= 0.3 is 0 Å². The van der Waals surface area contributed by atoms with E-state index < -0.39 is 0 Å². The van der Waals surface area contributed by atoms with Gasteiger partial charge in [0.05, 0.1) is 0 Å². The number of nitrogens with two attached hydrogens (primary N) is 1. The second kappa shape index (κ2) is 7.43. The van der Waals surface area contributed by atoms with Crippen molar-refractivity contribution in [3.63, 3.8) is 0 Å². The zero-order valence-corrected chi connectivity index (χ0v) is 13.9. The summed E-state index contributed by atoms with van der Waals surface area (Å²) in [5.74, 6) is -0.00847. The highest BCUT2D eigenvalue weighted by atomic mass is 35.5. The molecule has 0 heterocycles. The molecule has 22 heavy (non-hydrogen) atoms. The van der Waals surface area contributed by atoms with Crippen LogP contribution in [0.25, 0.3) is 0 Å². The first-order valence-corrected chi connectivity index (χ1v) is 7.80. The number of carbonyl (C=O) groups is 1. The molecule has 1 atom stereocenters. The number of carbonyl (C=O) groups excluding carboxylic acids is 1. The minimum absolute atomic E-state index is 0.00847. The topological polar surface area (TPSA) is 45.7 Å². The fourth-order valence-corrected chi connectivity index (χ4v) is 2.72. The summed E-state index contributed by atoms with van der Waals surface area (Å²) in [5, 5.41) is 5.68. The van der Waals surface area contributed by atoms with E-state index in [2.05, 4.69) is 11.4 Å².